The Balaban J connectivity index is 3.27. The molecule has 0 spiro atoms. The smallest absolute Gasteiger partial charge is 0.203 e. The number of benzene rings is 1. The molecule has 17 heavy (non-hydrogen) atoms. The average molecular weight is 261 g/mol. The maximum Gasteiger partial charge on any atom is 0.203 e. The van der Waals surface area contributed by atoms with E-state index in [2.05, 4.69) is 0 Å². The number of ether oxygens (including phenoxy) is 3. The van der Waals surface area contributed by atoms with Gasteiger partial charge in [0.2, 0.25) is 5.75 Å². The van der Waals surface area contributed by atoms with E-state index in [9.17, 15) is 5.11 Å². The van der Waals surface area contributed by atoms with Crippen molar-refractivity contribution in [3.8, 4) is 17.2 Å². The van der Waals surface area contributed by atoms with Crippen molar-refractivity contribution >= 4 is 11.6 Å². The molecule has 1 aromatic carbocycles. The average Bonchev–Trinajstić information content (AvgIpc) is 2.35. The molecule has 0 saturated carbocycles. The number of methoxy groups -OCH3 is 3. The molecule has 0 aliphatic heterocycles. The lowest BCUT2D eigenvalue weighted by Crippen LogP contribution is -2.09. The third-order valence-corrected chi connectivity index (χ3v) is 2.70. The molecule has 0 aliphatic rings. The first-order chi connectivity index (χ1) is 8.04. The zero-order chi connectivity index (χ0) is 13.0. The minimum absolute atomic E-state index is 0.405. The molecular formula is C12H17ClO4. The van der Waals surface area contributed by atoms with Crippen molar-refractivity contribution in [1.82, 2.24) is 0 Å². The van der Waals surface area contributed by atoms with Crippen LogP contribution in [0.2, 0.25) is 0 Å². The Kier molecular flexibility index (Phi) is 4.90. The molecule has 1 N–H and O–H groups in total. The van der Waals surface area contributed by atoms with Crippen molar-refractivity contribution in [3.05, 3.63) is 17.7 Å². The maximum absolute atomic E-state index is 9.92. The van der Waals surface area contributed by atoms with Gasteiger partial charge in [-0.2, -0.15) is 0 Å². The molecule has 2 unspecified atom stereocenters. The molecule has 0 saturated heterocycles. The van der Waals surface area contributed by atoms with Crippen molar-refractivity contribution in [2.45, 2.75) is 18.4 Å². The van der Waals surface area contributed by atoms with Crippen LogP contribution in [-0.2, 0) is 0 Å². The van der Waals surface area contributed by atoms with Crippen molar-refractivity contribution in [2.75, 3.05) is 21.3 Å². The fourth-order valence-electron chi connectivity index (χ4n) is 1.54. The van der Waals surface area contributed by atoms with Crippen molar-refractivity contribution in [2.24, 2.45) is 0 Å². The van der Waals surface area contributed by atoms with E-state index in [-0.39, 0.29) is 0 Å². The summed E-state index contributed by atoms with van der Waals surface area (Å²) < 4.78 is 15.6. The number of alkyl halides is 1. The van der Waals surface area contributed by atoms with Gasteiger partial charge in [-0.15, -0.1) is 11.6 Å². The van der Waals surface area contributed by atoms with Gasteiger partial charge in [0.25, 0.3) is 0 Å². The molecule has 5 heteroatoms. The lowest BCUT2D eigenvalue weighted by atomic mass is 10.1. The number of hydrogen-bond donors (Lipinski definition) is 1. The number of hydrogen-bond acceptors (Lipinski definition) is 4. The second-order valence-electron chi connectivity index (χ2n) is 3.58. The van der Waals surface area contributed by atoms with Gasteiger partial charge in [-0.05, 0) is 24.6 Å². The Morgan fingerprint density at radius 1 is 1.06 bits per heavy atom. The zero-order valence-corrected chi connectivity index (χ0v) is 11.1. The molecule has 0 radical (unpaired) electrons. The molecule has 0 bridgehead atoms. The summed E-state index contributed by atoms with van der Waals surface area (Å²) in [5.41, 5.74) is 0.627. The maximum atomic E-state index is 9.92. The summed E-state index contributed by atoms with van der Waals surface area (Å²) in [5.74, 6) is 1.49. The zero-order valence-electron chi connectivity index (χ0n) is 10.4. The molecule has 0 fully saturated rings. The van der Waals surface area contributed by atoms with E-state index >= 15 is 0 Å². The van der Waals surface area contributed by atoms with Gasteiger partial charge < -0.3 is 19.3 Å². The lowest BCUT2D eigenvalue weighted by molar-refractivity contribution is 0.176. The molecule has 0 amide bonds. The van der Waals surface area contributed by atoms with E-state index in [1.807, 2.05) is 0 Å². The Morgan fingerprint density at radius 3 is 1.82 bits per heavy atom. The van der Waals surface area contributed by atoms with E-state index in [0.717, 1.165) is 0 Å². The van der Waals surface area contributed by atoms with Crippen LogP contribution in [0.15, 0.2) is 12.1 Å². The predicted octanol–water partition coefficient (Wildman–Crippen LogP) is 2.37. The highest BCUT2D eigenvalue weighted by Gasteiger charge is 2.20. The molecule has 4 nitrogen and oxygen atoms in total. The van der Waals surface area contributed by atoms with E-state index in [4.69, 9.17) is 25.8 Å². The summed E-state index contributed by atoms with van der Waals surface area (Å²) in [6.07, 6.45) is -0.787. The summed E-state index contributed by atoms with van der Waals surface area (Å²) in [6, 6.07) is 3.37. The highest BCUT2D eigenvalue weighted by atomic mass is 35.5. The van der Waals surface area contributed by atoms with Crippen LogP contribution in [0.5, 0.6) is 17.2 Å². The fourth-order valence-corrected chi connectivity index (χ4v) is 1.68. The SMILES string of the molecule is COc1cc(C(O)C(C)Cl)cc(OC)c1OC. The largest absolute Gasteiger partial charge is 0.493 e. The monoisotopic (exact) mass is 260 g/mol. The molecule has 0 heterocycles. The number of aliphatic hydroxyl groups is 1. The van der Waals surface area contributed by atoms with Crippen LogP contribution < -0.4 is 14.2 Å². The molecule has 1 aromatic rings. The normalized spacial score (nSPS) is 14.0. The first-order valence-corrected chi connectivity index (χ1v) is 5.60. The molecular weight excluding hydrogens is 244 g/mol. The van der Waals surface area contributed by atoms with Gasteiger partial charge in [0.15, 0.2) is 11.5 Å². The van der Waals surface area contributed by atoms with Crippen LogP contribution in [0.25, 0.3) is 0 Å². The quantitative estimate of drug-likeness (QED) is 0.826. The summed E-state index contributed by atoms with van der Waals surface area (Å²) in [5, 5.41) is 9.51. The van der Waals surface area contributed by atoms with Crippen LogP contribution in [0.1, 0.15) is 18.6 Å². The third kappa shape index (κ3) is 2.96. The molecule has 1 rings (SSSR count). The predicted molar refractivity (Wildman–Crippen MR) is 66.4 cm³/mol. The van der Waals surface area contributed by atoms with Crippen LogP contribution in [-0.4, -0.2) is 31.8 Å². The van der Waals surface area contributed by atoms with Crippen molar-refractivity contribution in [3.63, 3.8) is 0 Å². The van der Waals surface area contributed by atoms with E-state index in [1.165, 1.54) is 21.3 Å². The first-order valence-electron chi connectivity index (χ1n) is 5.17. The van der Waals surface area contributed by atoms with Gasteiger partial charge in [0.1, 0.15) is 0 Å². The third-order valence-electron chi connectivity index (χ3n) is 2.46. The summed E-state index contributed by atoms with van der Waals surface area (Å²) in [7, 11) is 4.58. The van der Waals surface area contributed by atoms with Crippen LogP contribution in [0.3, 0.4) is 0 Å². The topological polar surface area (TPSA) is 47.9 Å². The molecule has 0 aliphatic carbocycles. The Labute approximate surface area is 106 Å². The van der Waals surface area contributed by atoms with Gasteiger partial charge in [-0.25, -0.2) is 0 Å². The standard InChI is InChI=1S/C12H17ClO4/c1-7(13)11(14)8-5-9(15-2)12(17-4)10(6-8)16-3/h5-7,11,14H,1-4H3. The van der Waals surface area contributed by atoms with Gasteiger partial charge in [0, 0.05) is 0 Å². The second kappa shape index (κ2) is 5.98. The van der Waals surface area contributed by atoms with Crippen LogP contribution in [0.4, 0.5) is 0 Å². The van der Waals surface area contributed by atoms with Crippen molar-refractivity contribution < 1.29 is 19.3 Å². The molecule has 96 valence electrons. The summed E-state index contributed by atoms with van der Waals surface area (Å²) in [6.45, 7) is 1.72. The highest BCUT2D eigenvalue weighted by molar-refractivity contribution is 6.20. The minimum Gasteiger partial charge on any atom is -0.493 e. The second-order valence-corrected chi connectivity index (χ2v) is 4.27. The van der Waals surface area contributed by atoms with Crippen molar-refractivity contribution in [1.29, 1.82) is 0 Å². The van der Waals surface area contributed by atoms with Crippen LogP contribution >= 0.6 is 11.6 Å². The first kappa shape index (κ1) is 13.9. The number of rotatable bonds is 5. The molecule has 0 aromatic heterocycles. The van der Waals surface area contributed by atoms with Crippen LogP contribution in [0, 0.1) is 0 Å². The lowest BCUT2D eigenvalue weighted by Gasteiger charge is -2.18. The van der Waals surface area contributed by atoms with E-state index < -0.39 is 11.5 Å². The van der Waals surface area contributed by atoms with Gasteiger partial charge >= 0.3 is 0 Å². The summed E-state index contributed by atoms with van der Waals surface area (Å²) >= 11 is 5.86. The van der Waals surface area contributed by atoms with E-state index in [1.54, 1.807) is 19.1 Å². The Bertz CT molecular complexity index is 354. The number of aliphatic hydroxyl groups excluding tert-OH is 1. The minimum atomic E-state index is -0.787. The Hall–Kier alpha value is -1.13. The summed E-state index contributed by atoms with van der Waals surface area (Å²) in [4.78, 5) is 0. The van der Waals surface area contributed by atoms with Gasteiger partial charge in [-0.1, -0.05) is 0 Å². The fraction of sp³-hybridized carbons (Fsp3) is 0.500. The van der Waals surface area contributed by atoms with Gasteiger partial charge in [-0.3, -0.25) is 0 Å². The Morgan fingerprint density at radius 2 is 1.53 bits per heavy atom. The van der Waals surface area contributed by atoms with Gasteiger partial charge in [0.05, 0.1) is 32.8 Å². The number of halogens is 1. The van der Waals surface area contributed by atoms with E-state index in [0.29, 0.717) is 22.8 Å². The molecule has 2 atom stereocenters. The highest BCUT2D eigenvalue weighted by Crippen LogP contribution is 2.40.